The lowest BCUT2D eigenvalue weighted by Gasteiger charge is -2.11. The van der Waals surface area contributed by atoms with Crippen LogP contribution in [0.4, 0.5) is 5.69 Å². The highest BCUT2D eigenvalue weighted by Gasteiger charge is 2.09. The van der Waals surface area contributed by atoms with Gasteiger partial charge in [-0.2, -0.15) is 0 Å². The van der Waals surface area contributed by atoms with Crippen molar-refractivity contribution in [2.45, 2.75) is 13.8 Å². The van der Waals surface area contributed by atoms with Crippen molar-refractivity contribution in [3.8, 4) is 11.5 Å². The van der Waals surface area contributed by atoms with Gasteiger partial charge in [-0.25, -0.2) is 0 Å². The van der Waals surface area contributed by atoms with Crippen LogP contribution in [0.5, 0.6) is 11.5 Å². The Hall–Kier alpha value is -2.82. The molecule has 0 aliphatic carbocycles. The second-order valence-corrected chi connectivity index (χ2v) is 5.18. The van der Waals surface area contributed by atoms with Crippen LogP contribution in [-0.2, 0) is 4.79 Å². The van der Waals surface area contributed by atoms with Gasteiger partial charge in [-0.15, -0.1) is 0 Å². The van der Waals surface area contributed by atoms with Gasteiger partial charge in [-0.3, -0.25) is 9.59 Å². The highest BCUT2D eigenvalue weighted by Crippen LogP contribution is 2.23. The fourth-order valence-electron chi connectivity index (χ4n) is 2.16. The van der Waals surface area contributed by atoms with Crippen LogP contribution in [0.25, 0.3) is 0 Å². The second kappa shape index (κ2) is 7.45. The zero-order chi connectivity index (χ0) is 16.8. The fraction of sp³-hybridized carbons (Fsp3) is 0.222. The second-order valence-electron chi connectivity index (χ2n) is 5.18. The molecule has 0 aliphatic rings. The predicted octanol–water partition coefficient (Wildman–Crippen LogP) is 3.14. The molecule has 120 valence electrons. The molecule has 5 nitrogen and oxygen atoms in total. The summed E-state index contributed by atoms with van der Waals surface area (Å²) in [5.74, 6) is 0.611. The molecule has 2 aromatic rings. The summed E-state index contributed by atoms with van der Waals surface area (Å²) in [5.41, 5.74) is 3.19. The molecule has 0 spiro atoms. The summed E-state index contributed by atoms with van der Waals surface area (Å²) in [6.45, 7) is 3.74. The number of nitrogens with one attached hydrogen (secondary N) is 1. The van der Waals surface area contributed by atoms with Gasteiger partial charge in [0.25, 0.3) is 5.91 Å². The molecule has 23 heavy (non-hydrogen) atoms. The van der Waals surface area contributed by atoms with Crippen molar-refractivity contribution < 1.29 is 19.1 Å². The molecule has 0 aliphatic heterocycles. The number of aryl methyl sites for hydroxylation is 2. The summed E-state index contributed by atoms with van der Waals surface area (Å²) < 4.78 is 10.5. The van der Waals surface area contributed by atoms with Crippen molar-refractivity contribution in [1.82, 2.24) is 0 Å². The lowest BCUT2D eigenvalue weighted by molar-refractivity contribution is -0.118. The van der Waals surface area contributed by atoms with Crippen molar-refractivity contribution in [2.75, 3.05) is 19.0 Å². The van der Waals surface area contributed by atoms with Crippen molar-refractivity contribution in [2.24, 2.45) is 0 Å². The molecule has 1 amide bonds. The number of carbonyl (C=O) groups excluding carboxylic acids is 2. The van der Waals surface area contributed by atoms with E-state index in [0.29, 0.717) is 23.3 Å². The Kier molecular flexibility index (Phi) is 5.36. The van der Waals surface area contributed by atoms with E-state index in [0.717, 1.165) is 16.8 Å². The van der Waals surface area contributed by atoms with Crippen LogP contribution >= 0.6 is 0 Å². The Morgan fingerprint density at radius 2 is 1.96 bits per heavy atom. The minimum Gasteiger partial charge on any atom is -0.497 e. The maximum Gasteiger partial charge on any atom is 0.262 e. The minimum atomic E-state index is -0.287. The average Bonchev–Trinajstić information content (AvgIpc) is 2.55. The molecular formula is C18H19NO4. The first-order valence-electron chi connectivity index (χ1n) is 7.16. The summed E-state index contributed by atoms with van der Waals surface area (Å²) in [4.78, 5) is 23.1. The van der Waals surface area contributed by atoms with E-state index >= 15 is 0 Å². The van der Waals surface area contributed by atoms with Crippen molar-refractivity contribution in [3.63, 3.8) is 0 Å². The summed E-state index contributed by atoms with van der Waals surface area (Å²) in [7, 11) is 1.52. The van der Waals surface area contributed by atoms with Crippen LogP contribution in [0.2, 0.25) is 0 Å². The largest absolute Gasteiger partial charge is 0.497 e. The third kappa shape index (κ3) is 4.32. The highest BCUT2D eigenvalue weighted by atomic mass is 16.5. The lowest BCUT2D eigenvalue weighted by Crippen LogP contribution is -2.21. The van der Waals surface area contributed by atoms with E-state index < -0.39 is 0 Å². The molecule has 2 aromatic carbocycles. The summed E-state index contributed by atoms with van der Waals surface area (Å²) >= 11 is 0. The first kappa shape index (κ1) is 16.5. The van der Waals surface area contributed by atoms with Gasteiger partial charge in [0.15, 0.2) is 12.9 Å². The molecule has 0 heterocycles. The number of aldehydes is 1. The Labute approximate surface area is 135 Å². The van der Waals surface area contributed by atoms with Gasteiger partial charge in [0.2, 0.25) is 0 Å². The van der Waals surface area contributed by atoms with Crippen molar-refractivity contribution in [3.05, 3.63) is 53.1 Å². The molecule has 0 bridgehead atoms. The zero-order valence-corrected chi connectivity index (χ0v) is 13.4. The fourth-order valence-corrected chi connectivity index (χ4v) is 2.16. The van der Waals surface area contributed by atoms with Crippen LogP contribution in [-0.4, -0.2) is 25.9 Å². The molecule has 1 N–H and O–H groups in total. The number of benzene rings is 2. The Balaban J connectivity index is 2.00. The summed E-state index contributed by atoms with van der Waals surface area (Å²) in [6.07, 6.45) is 0.667. The van der Waals surface area contributed by atoms with E-state index in [1.54, 1.807) is 18.2 Å². The van der Waals surface area contributed by atoms with Gasteiger partial charge >= 0.3 is 0 Å². The number of amides is 1. The Morgan fingerprint density at radius 1 is 1.17 bits per heavy atom. The monoisotopic (exact) mass is 313 g/mol. The van der Waals surface area contributed by atoms with Gasteiger partial charge < -0.3 is 14.8 Å². The van der Waals surface area contributed by atoms with Crippen LogP contribution in [0.3, 0.4) is 0 Å². The smallest absolute Gasteiger partial charge is 0.262 e. The van der Waals surface area contributed by atoms with Crippen LogP contribution in [0.15, 0.2) is 36.4 Å². The molecule has 0 atom stereocenters. The van der Waals surface area contributed by atoms with E-state index in [2.05, 4.69) is 5.32 Å². The number of carbonyl (C=O) groups is 2. The normalized spacial score (nSPS) is 10.0. The van der Waals surface area contributed by atoms with E-state index in [1.807, 2.05) is 32.0 Å². The number of rotatable bonds is 6. The molecular weight excluding hydrogens is 294 g/mol. The first-order chi connectivity index (χ1) is 11.0. The SMILES string of the molecule is COc1ccc(OCC(=O)Nc2ccc(C)cc2C)c(C=O)c1. The molecule has 0 fully saturated rings. The highest BCUT2D eigenvalue weighted by molar-refractivity contribution is 5.92. The minimum absolute atomic E-state index is 0.180. The van der Waals surface area contributed by atoms with Crippen LogP contribution < -0.4 is 14.8 Å². The van der Waals surface area contributed by atoms with Crippen LogP contribution in [0, 0.1) is 13.8 Å². The number of methoxy groups -OCH3 is 1. The molecule has 0 saturated carbocycles. The number of hydrogen-bond donors (Lipinski definition) is 1. The zero-order valence-electron chi connectivity index (χ0n) is 13.4. The van der Waals surface area contributed by atoms with Gasteiger partial charge in [0.1, 0.15) is 11.5 Å². The van der Waals surface area contributed by atoms with E-state index in [-0.39, 0.29) is 12.5 Å². The molecule has 5 heteroatoms. The standard InChI is InChI=1S/C18H19NO4/c1-12-4-6-16(13(2)8-12)19-18(21)11-23-17-7-5-15(22-3)9-14(17)10-20/h4-10H,11H2,1-3H3,(H,19,21). The molecule has 0 radical (unpaired) electrons. The van der Waals surface area contributed by atoms with E-state index in [9.17, 15) is 9.59 Å². The van der Waals surface area contributed by atoms with Gasteiger partial charge in [-0.05, 0) is 43.7 Å². The number of anilines is 1. The predicted molar refractivity (Wildman–Crippen MR) is 88.4 cm³/mol. The Morgan fingerprint density at radius 3 is 2.61 bits per heavy atom. The third-order valence-corrected chi connectivity index (χ3v) is 3.36. The van der Waals surface area contributed by atoms with E-state index in [4.69, 9.17) is 9.47 Å². The molecule has 0 unspecified atom stereocenters. The third-order valence-electron chi connectivity index (χ3n) is 3.36. The molecule has 2 rings (SSSR count). The first-order valence-corrected chi connectivity index (χ1v) is 7.16. The topological polar surface area (TPSA) is 64.6 Å². The molecule has 0 aromatic heterocycles. The van der Waals surface area contributed by atoms with Crippen molar-refractivity contribution >= 4 is 17.9 Å². The van der Waals surface area contributed by atoms with E-state index in [1.165, 1.54) is 7.11 Å². The summed E-state index contributed by atoms with van der Waals surface area (Å²) in [5, 5.41) is 2.79. The average molecular weight is 313 g/mol. The van der Waals surface area contributed by atoms with Crippen molar-refractivity contribution in [1.29, 1.82) is 0 Å². The van der Waals surface area contributed by atoms with Crippen LogP contribution in [0.1, 0.15) is 21.5 Å². The maximum atomic E-state index is 12.0. The van der Waals surface area contributed by atoms with Gasteiger partial charge in [0, 0.05) is 5.69 Å². The number of hydrogen-bond acceptors (Lipinski definition) is 4. The Bertz CT molecular complexity index is 725. The quantitative estimate of drug-likeness (QED) is 0.832. The lowest BCUT2D eigenvalue weighted by atomic mass is 10.1. The van der Waals surface area contributed by atoms with Gasteiger partial charge in [-0.1, -0.05) is 17.7 Å². The number of ether oxygens (including phenoxy) is 2. The summed E-state index contributed by atoms with van der Waals surface area (Å²) in [6, 6.07) is 10.6. The molecule has 0 saturated heterocycles. The van der Waals surface area contributed by atoms with Gasteiger partial charge in [0.05, 0.1) is 12.7 Å². The maximum absolute atomic E-state index is 12.0.